The van der Waals surface area contributed by atoms with E-state index in [1.54, 1.807) is 42.5 Å². The van der Waals surface area contributed by atoms with Crippen molar-refractivity contribution in [2.45, 2.75) is 80.9 Å². The molecule has 2 bridgehead atoms. The van der Waals surface area contributed by atoms with Gasteiger partial charge in [-0.3, -0.25) is 28.8 Å². The number of thioether (sulfide) groups is 1. The molecule has 4 aromatic rings. The first kappa shape index (κ1) is 43.8. The molecule has 6 amide bonds. The quantitative estimate of drug-likeness (QED) is 0.122. The molecule has 0 aliphatic carbocycles. The Labute approximate surface area is 357 Å². The molecule has 1 unspecified atom stereocenters. The van der Waals surface area contributed by atoms with Gasteiger partial charge in [-0.15, -0.1) is 11.8 Å². The second-order valence-electron chi connectivity index (χ2n) is 15.0. The first-order chi connectivity index (χ1) is 29.4. The second kappa shape index (κ2) is 21.0. The van der Waals surface area contributed by atoms with Gasteiger partial charge in [-0.05, 0) is 58.2 Å². The predicted octanol–water partition coefficient (Wildman–Crippen LogP) is 3.66. The lowest BCUT2D eigenvalue weighted by Gasteiger charge is -2.27. The van der Waals surface area contributed by atoms with Crippen LogP contribution < -0.4 is 31.9 Å². The van der Waals surface area contributed by atoms with Gasteiger partial charge in [0.15, 0.2) is 0 Å². The second-order valence-corrected chi connectivity index (χ2v) is 16.3. The molecule has 3 heterocycles. The van der Waals surface area contributed by atoms with E-state index in [2.05, 4.69) is 31.9 Å². The van der Waals surface area contributed by atoms with Crippen molar-refractivity contribution in [1.82, 2.24) is 26.6 Å². The molecule has 0 radical (unpaired) electrons. The number of anilines is 1. The molecule has 14 nitrogen and oxygen atoms in total. The maximum atomic E-state index is 14.5. The molecule has 0 aromatic heterocycles. The topological polar surface area (TPSA) is 212 Å². The van der Waals surface area contributed by atoms with Gasteiger partial charge in [0.05, 0.1) is 6.42 Å². The van der Waals surface area contributed by atoms with Crippen LogP contribution in [0.25, 0.3) is 11.1 Å². The number of fused-ring (bicyclic) bond motifs is 18. The molecule has 61 heavy (non-hydrogen) atoms. The summed E-state index contributed by atoms with van der Waals surface area (Å²) in [6.45, 7) is 1.21. The van der Waals surface area contributed by atoms with Gasteiger partial charge >= 0.3 is 5.97 Å². The summed E-state index contributed by atoms with van der Waals surface area (Å²) in [6, 6.07) is 25.9. The zero-order valence-corrected chi connectivity index (χ0v) is 34.3. The number of nitrogens with one attached hydrogen (secondary N) is 6. The number of carboxylic acid groups (broad SMARTS) is 1. The van der Waals surface area contributed by atoms with Crippen LogP contribution in [0.4, 0.5) is 5.69 Å². The van der Waals surface area contributed by atoms with Gasteiger partial charge in [0.2, 0.25) is 35.4 Å². The highest BCUT2D eigenvalue weighted by Crippen LogP contribution is 2.28. The van der Waals surface area contributed by atoms with Crippen LogP contribution in [-0.4, -0.2) is 82.0 Å². The van der Waals surface area contributed by atoms with Gasteiger partial charge in [0.25, 0.3) is 0 Å². The first-order valence-electron chi connectivity index (χ1n) is 20.0. The van der Waals surface area contributed by atoms with Crippen LogP contribution in [0.5, 0.6) is 0 Å². The lowest BCUT2D eigenvalue weighted by atomic mass is 9.98. The van der Waals surface area contributed by atoms with Crippen LogP contribution in [0, 0.1) is 0 Å². The summed E-state index contributed by atoms with van der Waals surface area (Å²) in [5, 5.41) is 28.2. The van der Waals surface area contributed by atoms with Gasteiger partial charge in [-0.25, -0.2) is 4.79 Å². The van der Waals surface area contributed by atoms with E-state index in [1.165, 1.54) is 30.8 Å². The fraction of sp³-hybridized carbons (Fsp3) is 0.283. The molecule has 0 fully saturated rings. The summed E-state index contributed by atoms with van der Waals surface area (Å²) in [4.78, 5) is 94.8. The number of allylic oxidation sites excluding steroid dienone is 1. The number of amides is 6. The molecule has 4 aromatic carbocycles. The molecule has 6 atom stereocenters. The van der Waals surface area contributed by atoms with Crippen molar-refractivity contribution in [3.63, 3.8) is 0 Å². The van der Waals surface area contributed by atoms with Crippen molar-refractivity contribution in [2.24, 2.45) is 0 Å². The van der Waals surface area contributed by atoms with E-state index < -0.39 is 78.0 Å². The Morgan fingerprint density at radius 1 is 0.656 bits per heavy atom. The fourth-order valence-corrected chi connectivity index (χ4v) is 8.11. The van der Waals surface area contributed by atoms with Gasteiger partial charge in [-0.2, -0.15) is 0 Å². The molecule has 15 heteroatoms. The Morgan fingerprint density at radius 3 is 1.82 bits per heavy atom. The molecule has 0 spiro atoms. The summed E-state index contributed by atoms with van der Waals surface area (Å²) in [7, 11) is 0. The Kier molecular flexibility index (Phi) is 15.1. The van der Waals surface area contributed by atoms with Crippen molar-refractivity contribution >= 4 is 58.9 Å². The number of rotatable bonds is 9. The monoisotopic (exact) mass is 844 g/mol. The third kappa shape index (κ3) is 12.9. The fourth-order valence-electron chi connectivity index (χ4n) is 7.14. The molecule has 0 saturated carbocycles. The lowest BCUT2D eigenvalue weighted by molar-refractivity contribution is -0.142. The smallest absolute Gasteiger partial charge is 0.326 e. The number of aliphatic carboxylic acids is 1. The lowest BCUT2D eigenvalue weighted by Crippen LogP contribution is -2.59. The molecule has 3 aliphatic rings. The van der Waals surface area contributed by atoms with E-state index >= 15 is 0 Å². The van der Waals surface area contributed by atoms with Crippen molar-refractivity contribution in [3.8, 4) is 11.1 Å². The minimum atomic E-state index is -1.40. The Morgan fingerprint density at radius 2 is 1.23 bits per heavy atom. The van der Waals surface area contributed by atoms with E-state index in [9.17, 15) is 38.7 Å². The van der Waals surface area contributed by atoms with E-state index in [0.29, 0.717) is 28.8 Å². The molecule has 0 saturated heterocycles. The number of hydrogen-bond acceptors (Lipinski definition) is 8. The number of carbonyl (C=O) groups is 7. The molecular formula is C46H48N6O8S. The molecule has 3 aliphatic heterocycles. The van der Waals surface area contributed by atoms with E-state index in [-0.39, 0.29) is 30.9 Å². The number of hydrogen-bond donors (Lipinski definition) is 7. The van der Waals surface area contributed by atoms with Crippen LogP contribution in [0.15, 0.2) is 121 Å². The first-order valence-corrected chi connectivity index (χ1v) is 20.9. The molecular weight excluding hydrogens is 797 g/mol. The van der Waals surface area contributed by atoms with Crippen molar-refractivity contribution < 1.29 is 38.7 Å². The average molecular weight is 845 g/mol. The standard InChI is InChI=1S/C46H48N6O8S/c1-28(53)47-39-27-41(54)49-38(26-35-13-8-22-61-35)45(58)51-37(24-30-14-18-33(19-15-30)32-11-6-3-7-12-32)43(56)50-36(23-29-9-4-2-5-10-29)44(57)52-40(46(59)60)25-31-16-20-34(21-17-31)48-42(39)55/h2-12,14-22,35-40H,13,23-27H2,1H3,(H,47,53)(H,48,55)(H,49,54)(H,50,56)(H,51,58)(H,52,57)(H,59,60)/t35?,36-,37+,38-,39+,40+/m1/s1. The van der Waals surface area contributed by atoms with E-state index in [0.717, 1.165) is 11.1 Å². The number of carbonyl (C=O) groups excluding carboxylic acids is 6. The summed E-state index contributed by atoms with van der Waals surface area (Å²) < 4.78 is 0. The largest absolute Gasteiger partial charge is 0.480 e. The summed E-state index contributed by atoms with van der Waals surface area (Å²) in [5.74, 6) is -5.41. The molecule has 7 N–H and O–H groups in total. The third-order valence-corrected chi connectivity index (χ3v) is 11.4. The van der Waals surface area contributed by atoms with Crippen LogP contribution in [0.1, 0.15) is 42.9 Å². The summed E-state index contributed by atoms with van der Waals surface area (Å²) >= 11 is 1.50. The number of benzene rings is 4. The highest BCUT2D eigenvalue weighted by atomic mass is 32.2. The highest BCUT2D eigenvalue weighted by molar-refractivity contribution is 8.03. The van der Waals surface area contributed by atoms with Crippen molar-refractivity contribution in [1.29, 1.82) is 0 Å². The van der Waals surface area contributed by atoms with Crippen LogP contribution >= 0.6 is 11.8 Å². The molecule has 316 valence electrons. The maximum absolute atomic E-state index is 14.5. The summed E-state index contributed by atoms with van der Waals surface area (Å²) in [6.07, 6.45) is 2.12. The van der Waals surface area contributed by atoms with Crippen LogP contribution in [-0.2, 0) is 52.8 Å². The van der Waals surface area contributed by atoms with Crippen molar-refractivity contribution in [3.05, 3.63) is 137 Å². The third-order valence-electron chi connectivity index (χ3n) is 10.3. The normalized spacial score (nSPS) is 22.7. The maximum Gasteiger partial charge on any atom is 0.326 e. The Balaban J connectivity index is 1.36. The Bertz CT molecular complexity index is 2230. The van der Waals surface area contributed by atoms with Gasteiger partial charge in [0, 0.05) is 37.1 Å². The number of carboxylic acids is 1. The molecule has 7 rings (SSSR count). The van der Waals surface area contributed by atoms with Crippen molar-refractivity contribution in [2.75, 3.05) is 5.32 Å². The minimum Gasteiger partial charge on any atom is -0.480 e. The zero-order valence-electron chi connectivity index (χ0n) is 33.5. The summed E-state index contributed by atoms with van der Waals surface area (Å²) in [5.41, 5.74) is 4.12. The minimum absolute atomic E-state index is 0.00559. The van der Waals surface area contributed by atoms with Gasteiger partial charge in [-0.1, -0.05) is 103 Å². The van der Waals surface area contributed by atoms with Crippen LogP contribution in [0.3, 0.4) is 0 Å². The van der Waals surface area contributed by atoms with Crippen LogP contribution in [0.2, 0.25) is 0 Å². The van der Waals surface area contributed by atoms with E-state index in [4.69, 9.17) is 0 Å². The zero-order chi connectivity index (χ0) is 43.3. The van der Waals surface area contributed by atoms with Gasteiger partial charge in [0.1, 0.15) is 30.2 Å². The van der Waals surface area contributed by atoms with E-state index in [1.807, 2.05) is 66.1 Å². The predicted molar refractivity (Wildman–Crippen MR) is 232 cm³/mol. The van der Waals surface area contributed by atoms with Gasteiger partial charge < -0.3 is 37.0 Å². The Hall–Kier alpha value is -6.74. The average Bonchev–Trinajstić information content (AvgIpc) is 3.76. The SMILES string of the molecule is CC(=O)N[C@H]1CC(=O)N[C@H](CC2CC=CS2)C(=O)N[C@@H](Cc2ccc(-c3ccccc3)cc2)C(=O)N[C@H](Cc2ccccc2)C(=O)N[C@H](C(=O)O)Cc2ccc(cc2)NC1=O. The highest BCUT2D eigenvalue weighted by Gasteiger charge is 2.34.